The molecule has 330 valence electrons. The van der Waals surface area contributed by atoms with Crippen molar-refractivity contribution >= 4 is 53.9 Å². The van der Waals surface area contributed by atoms with Crippen molar-refractivity contribution < 1.29 is 48.2 Å². The van der Waals surface area contributed by atoms with E-state index in [1.54, 1.807) is 17.0 Å². The van der Waals surface area contributed by atoms with Gasteiger partial charge in [0.05, 0.1) is 24.9 Å². The summed E-state index contributed by atoms with van der Waals surface area (Å²) in [6, 6.07) is 28.6. The molecule has 1 fully saturated rings. The Bertz CT molecular complexity index is 2230. The van der Waals surface area contributed by atoms with Crippen LogP contribution in [0.15, 0.2) is 97.1 Å². The molecular formula is C46H56N5O10P. The van der Waals surface area contributed by atoms with E-state index in [-0.39, 0.29) is 51.2 Å². The molecule has 16 heteroatoms. The Morgan fingerprint density at radius 1 is 0.742 bits per heavy atom. The summed E-state index contributed by atoms with van der Waals surface area (Å²) in [5.41, 5.74) is 6.99. The predicted molar refractivity (Wildman–Crippen MR) is 233 cm³/mol. The number of aliphatic carboxylic acids is 1. The summed E-state index contributed by atoms with van der Waals surface area (Å²) in [5, 5.41) is 20.3. The number of fused-ring (bicyclic) bond motifs is 1. The molecule has 0 aliphatic carbocycles. The number of carbonyl (C=O) groups is 6. The summed E-state index contributed by atoms with van der Waals surface area (Å²) in [5.74, 6) is -5.60. The van der Waals surface area contributed by atoms with Gasteiger partial charge in [0, 0.05) is 26.1 Å². The number of likely N-dealkylation sites (tertiary alicyclic amines) is 1. The van der Waals surface area contributed by atoms with E-state index in [1.165, 1.54) is 17.7 Å². The lowest BCUT2D eigenvalue weighted by atomic mass is 9.84. The van der Waals surface area contributed by atoms with Crippen LogP contribution >= 0.6 is 7.60 Å². The smallest absolute Gasteiger partial charge is 0.329 e. The first-order valence-corrected chi connectivity index (χ1v) is 22.7. The minimum Gasteiger partial charge on any atom is -0.481 e. The van der Waals surface area contributed by atoms with Crippen molar-refractivity contribution in [3.8, 4) is 0 Å². The first kappa shape index (κ1) is 47.2. The number of primary amides is 1. The lowest BCUT2D eigenvalue weighted by Gasteiger charge is -2.42. The Labute approximate surface area is 361 Å². The highest BCUT2D eigenvalue weighted by atomic mass is 31.2. The molecule has 2 atom stereocenters. The quantitative estimate of drug-likeness (QED) is 0.0439. The first-order chi connectivity index (χ1) is 29.6. The average molecular weight is 870 g/mol. The lowest BCUT2D eigenvalue weighted by Crippen LogP contribution is -2.66. The number of hydrogen-bond donors (Lipinski definition) is 7. The van der Waals surface area contributed by atoms with Crippen LogP contribution in [-0.4, -0.2) is 86.5 Å². The number of unbranched alkanes of at least 4 members (excludes halogenated alkanes) is 1. The van der Waals surface area contributed by atoms with Gasteiger partial charge >= 0.3 is 13.6 Å². The number of nitrogens with zero attached hydrogens (tertiary/aromatic N) is 1. The fraction of sp³-hybridized carbons (Fsp3) is 0.391. The number of benzene rings is 4. The van der Waals surface area contributed by atoms with Crippen LogP contribution in [0.2, 0.25) is 0 Å². The molecule has 4 aromatic rings. The second kappa shape index (κ2) is 22.3. The molecule has 0 bridgehead atoms. The fourth-order valence-corrected chi connectivity index (χ4v) is 8.58. The number of nitrogens with one attached hydrogen (secondary N) is 3. The van der Waals surface area contributed by atoms with Crippen LogP contribution in [0.5, 0.6) is 0 Å². The molecule has 0 aromatic heterocycles. The molecule has 0 saturated carbocycles. The summed E-state index contributed by atoms with van der Waals surface area (Å²) >= 11 is 0. The van der Waals surface area contributed by atoms with E-state index in [2.05, 4.69) is 16.0 Å². The molecule has 0 spiro atoms. The second-order valence-corrected chi connectivity index (χ2v) is 17.7. The molecule has 4 aromatic carbocycles. The molecule has 5 rings (SSSR count). The Morgan fingerprint density at radius 3 is 2.08 bits per heavy atom. The number of carbonyl (C=O) groups excluding carboxylic acids is 5. The number of hydrogen-bond acceptors (Lipinski definition) is 7. The molecule has 1 aliphatic rings. The molecule has 0 radical (unpaired) electrons. The number of amides is 5. The van der Waals surface area contributed by atoms with Gasteiger partial charge in [-0.3, -0.25) is 33.3 Å². The zero-order valence-corrected chi connectivity index (χ0v) is 35.6. The van der Waals surface area contributed by atoms with E-state index in [1.807, 2.05) is 72.8 Å². The monoisotopic (exact) mass is 869 g/mol. The lowest BCUT2D eigenvalue weighted by molar-refractivity contribution is -0.145. The maximum Gasteiger partial charge on any atom is 0.329 e. The molecule has 15 nitrogen and oxygen atoms in total. The van der Waals surface area contributed by atoms with E-state index in [9.17, 15) is 48.2 Å². The molecule has 1 saturated heterocycles. The fourth-order valence-electron chi connectivity index (χ4n) is 7.90. The van der Waals surface area contributed by atoms with E-state index in [0.29, 0.717) is 30.4 Å². The molecule has 1 aliphatic heterocycles. The Balaban J connectivity index is 1.29. The molecule has 1 heterocycles. The highest BCUT2D eigenvalue weighted by Crippen LogP contribution is 2.39. The van der Waals surface area contributed by atoms with Gasteiger partial charge in [-0.25, -0.2) is 0 Å². The molecule has 62 heavy (non-hydrogen) atoms. The van der Waals surface area contributed by atoms with Crippen molar-refractivity contribution in [2.45, 2.75) is 88.4 Å². The standard InChI is InChI=1S/C46H56N5O10P/c47-40(52)30-39(44(57)48-25-9-16-36-15-8-14-35-13-5-6-17-38(35)36)49-45(58)46(23-26-51(27-24-46)41(53)18-7-4-12-32-10-2-1-3-11-32)50-43(56)37(29-42(54)55)28-33-19-21-34(22-20-33)31-62(59,60)61/h1-3,5-6,8,10-11,13-15,17,19-22,37,39H,4,7,9,12,16,18,23-31H2,(H2,47,52)(H,48,57)(H,49,58)(H,50,56)(H,54,55)(H2,59,60,61)/t37-,39+/m1/s1. The number of carboxylic acid groups (broad SMARTS) is 1. The van der Waals surface area contributed by atoms with Crippen LogP contribution in [0, 0.1) is 5.92 Å². The van der Waals surface area contributed by atoms with E-state index in [4.69, 9.17) is 5.73 Å². The predicted octanol–water partition coefficient (Wildman–Crippen LogP) is 4.15. The zero-order valence-electron chi connectivity index (χ0n) is 34.7. The van der Waals surface area contributed by atoms with E-state index >= 15 is 0 Å². The Morgan fingerprint density at radius 2 is 1.40 bits per heavy atom. The van der Waals surface area contributed by atoms with Gasteiger partial charge in [0.25, 0.3) is 0 Å². The van der Waals surface area contributed by atoms with Crippen molar-refractivity contribution in [1.29, 1.82) is 0 Å². The van der Waals surface area contributed by atoms with Crippen molar-refractivity contribution in [3.05, 3.63) is 119 Å². The molecule has 5 amide bonds. The summed E-state index contributed by atoms with van der Waals surface area (Å²) in [7, 11) is -4.34. The Hall–Kier alpha value is -5.89. The van der Waals surface area contributed by atoms with Crippen LogP contribution in [0.25, 0.3) is 10.8 Å². The van der Waals surface area contributed by atoms with E-state index in [0.717, 1.165) is 29.2 Å². The second-order valence-electron chi connectivity index (χ2n) is 16.0. The van der Waals surface area contributed by atoms with Gasteiger partial charge < -0.3 is 41.5 Å². The van der Waals surface area contributed by atoms with Crippen molar-refractivity contribution in [3.63, 3.8) is 0 Å². The van der Waals surface area contributed by atoms with Gasteiger partial charge in [-0.15, -0.1) is 0 Å². The third kappa shape index (κ3) is 14.4. The van der Waals surface area contributed by atoms with Gasteiger partial charge in [-0.1, -0.05) is 97.1 Å². The molecular weight excluding hydrogens is 814 g/mol. The Kier molecular flexibility index (Phi) is 16.9. The molecule has 0 unspecified atom stereocenters. The van der Waals surface area contributed by atoms with Gasteiger partial charge in [0.2, 0.25) is 29.5 Å². The number of aryl methyl sites for hydroxylation is 2. The highest BCUT2D eigenvalue weighted by Gasteiger charge is 2.46. The summed E-state index contributed by atoms with van der Waals surface area (Å²) in [6.45, 7) is 0.391. The zero-order chi connectivity index (χ0) is 44.7. The normalized spacial score (nSPS) is 14.6. The summed E-state index contributed by atoms with van der Waals surface area (Å²) in [4.78, 5) is 100.0. The first-order valence-electron chi connectivity index (χ1n) is 20.9. The minimum absolute atomic E-state index is 0.0624. The summed E-state index contributed by atoms with van der Waals surface area (Å²) in [6.07, 6.45) is 1.94. The summed E-state index contributed by atoms with van der Waals surface area (Å²) < 4.78 is 11.5. The largest absolute Gasteiger partial charge is 0.481 e. The van der Waals surface area contributed by atoms with Crippen LogP contribution in [-0.2, 0) is 58.8 Å². The van der Waals surface area contributed by atoms with Crippen LogP contribution in [0.4, 0.5) is 0 Å². The number of piperidine rings is 1. The van der Waals surface area contributed by atoms with Crippen molar-refractivity contribution in [1.82, 2.24) is 20.9 Å². The van der Waals surface area contributed by atoms with Gasteiger partial charge in [0.15, 0.2) is 0 Å². The maximum atomic E-state index is 14.4. The van der Waals surface area contributed by atoms with Crippen molar-refractivity contribution in [2.24, 2.45) is 11.7 Å². The van der Waals surface area contributed by atoms with Gasteiger partial charge in [-0.05, 0) is 84.4 Å². The number of rotatable bonds is 22. The molecule has 8 N–H and O–H groups in total. The topological polar surface area (TPSA) is 246 Å². The highest BCUT2D eigenvalue weighted by molar-refractivity contribution is 7.50. The van der Waals surface area contributed by atoms with Gasteiger partial charge in [-0.2, -0.15) is 0 Å². The average Bonchev–Trinajstić information content (AvgIpc) is 3.23. The minimum atomic E-state index is -4.34. The number of nitrogens with two attached hydrogens (primary N) is 1. The third-order valence-electron chi connectivity index (χ3n) is 11.2. The van der Waals surface area contributed by atoms with E-state index < -0.39 is 73.7 Å². The van der Waals surface area contributed by atoms with Crippen LogP contribution in [0.1, 0.15) is 73.6 Å². The van der Waals surface area contributed by atoms with Crippen LogP contribution < -0.4 is 21.7 Å². The SMILES string of the molecule is NC(=O)C[C@H](NC(=O)C1(NC(=O)[C@@H](CC(=O)O)Cc2ccc(CP(=O)(O)O)cc2)CCN(C(=O)CCCCc2ccccc2)CC1)C(=O)NCCCc1cccc2ccccc12. The number of carboxylic acids is 1. The van der Waals surface area contributed by atoms with Crippen molar-refractivity contribution in [2.75, 3.05) is 19.6 Å². The maximum absolute atomic E-state index is 14.4. The van der Waals surface area contributed by atoms with Crippen LogP contribution in [0.3, 0.4) is 0 Å². The van der Waals surface area contributed by atoms with Gasteiger partial charge in [0.1, 0.15) is 11.6 Å². The third-order valence-corrected chi connectivity index (χ3v) is 12.0.